The molecule has 0 N–H and O–H groups in total. The predicted molar refractivity (Wildman–Crippen MR) is 135 cm³/mol. The third-order valence-electron chi connectivity index (χ3n) is 5.29. The second-order valence-corrected chi connectivity index (χ2v) is 9.45. The Balaban J connectivity index is 1.52. The van der Waals surface area contributed by atoms with Gasteiger partial charge in [0.1, 0.15) is 12.4 Å². The molecule has 4 rings (SSSR count). The number of benzene rings is 2. The van der Waals surface area contributed by atoms with Gasteiger partial charge in [0, 0.05) is 21.5 Å². The lowest BCUT2D eigenvalue weighted by Crippen LogP contribution is -2.28. The Hall–Kier alpha value is -3.21. The van der Waals surface area contributed by atoms with Crippen molar-refractivity contribution in [2.45, 2.75) is 20.5 Å². The van der Waals surface area contributed by atoms with E-state index in [9.17, 15) is 9.59 Å². The lowest BCUT2D eigenvalue weighted by atomic mass is 10.2. The first-order chi connectivity index (χ1) is 15.9. The SMILES string of the molecule is C#CCN1C(=O)S/C(=C/c2cc(C)n(-c3ccc(OCc4ccc(Br)cc4)cc3)c2C)C1=O. The molecule has 0 saturated carbocycles. The van der Waals surface area contributed by atoms with Crippen LogP contribution in [0.3, 0.4) is 0 Å². The first-order valence-electron chi connectivity index (χ1n) is 10.2. The molecule has 0 aliphatic carbocycles. The molecule has 1 saturated heterocycles. The van der Waals surface area contributed by atoms with Crippen LogP contribution in [0.5, 0.6) is 5.75 Å². The number of nitrogens with zero attached hydrogens (tertiary/aromatic N) is 2. The molecule has 33 heavy (non-hydrogen) atoms. The molecule has 2 aromatic carbocycles. The van der Waals surface area contributed by atoms with Crippen LogP contribution in [0, 0.1) is 26.2 Å². The standard InChI is InChI=1S/C26H21BrN2O3S/c1-4-13-28-25(30)24(33-26(28)31)15-20-14-17(2)29(18(20)3)22-9-11-23(12-10-22)32-16-19-5-7-21(27)8-6-19/h1,5-12,14-15H,13,16H2,2-3H3/b24-15+. The van der Waals surface area contributed by atoms with Crippen LogP contribution in [0.4, 0.5) is 4.79 Å². The Kier molecular flexibility index (Phi) is 6.77. The second kappa shape index (κ2) is 9.74. The van der Waals surface area contributed by atoms with Crippen molar-refractivity contribution in [1.82, 2.24) is 9.47 Å². The van der Waals surface area contributed by atoms with Crippen molar-refractivity contribution >= 4 is 44.9 Å². The van der Waals surface area contributed by atoms with E-state index in [1.807, 2.05) is 68.4 Å². The first kappa shape index (κ1) is 23.0. The normalized spacial score (nSPS) is 14.7. The molecule has 0 bridgehead atoms. The number of carbonyl (C=O) groups is 2. The predicted octanol–water partition coefficient (Wildman–Crippen LogP) is 6.11. The second-order valence-electron chi connectivity index (χ2n) is 7.54. The molecule has 5 nitrogen and oxygen atoms in total. The summed E-state index contributed by atoms with van der Waals surface area (Å²) >= 11 is 4.35. The molecular formula is C26H21BrN2O3S. The van der Waals surface area contributed by atoms with Crippen LogP contribution in [0.25, 0.3) is 11.8 Å². The zero-order chi connectivity index (χ0) is 23.5. The number of amides is 2. The average molecular weight is 521 g/mol. The monoisotopic (exact) mass is 520 g/mol. The Labute approximate surface area is 205 Å². The molecule has 1 fully saturated rings. The van der Waals surface area contributed by atoms with Crippen molar-refractivity contribution in [2.24, 2.45) is 0 Å². The summed E-state index contributed by atoms with van der Waals surface area (Å²) in [6.07, 6.45) is 7.03. The van der Waals surface area contributed by atoms with E-state index in [-0.39, 0.29) is 17.7 Å². The highest BCUT2D eigenvalue weighted by atomic mass is 79.9. The van der Waals surface area contributed by atoms with E-state index >= 15 is 0 Å². The van der Waals surface area contributed by atoms with Crippen molar-refractivity contribution in [3.8, 4) is 23.8 Å². The highest BCUT2D eigenvalue weighted by Gasteiger charge is 2.34. The van der Waals surface area contributed by atoms with Crippen LogP contribution < -0.4 is 4.74 Å². The van der Waals surface area contributed by atoms with Gasteiger partial charge in [0.2, 0.25) is 0 Å². The van der Waals surface area contributed by atoms with Crippen LogP contribution in [0.15, 0.2) is 64.0 Å². The van der Waals surface area contributed by atoms with Crippen LogP contribution in [-0.4, -0.2) is 27.2 Å². The number of ether oxygens (including phenoxy) is 1. The summed E-state index contributed by atoms with van der Waals surface area (Å²) in [5.41, 5.74) is 4.95. The molecule has 1 aliphatic heterocycles. The van der Waals surface area contributed by atoms with Gasteiger partial charge in [-0.3, -0.25) is 14.5 Å². The number of carbonyl (C=O) groups excluding carboxylic acids is 2. The van der Waals surface area contributed by atoms with E-state index in [1.165, 1.54) is 0 Å². The summed E-state index contributed by atoms with van der Waals surface area (Å²) in [4.78, 5) is 26.0. The van der Waals surface area contributed by atoms with Gasteiger partial charge in [0.05, 0.1) is 11.4 Å². The van der Waals surface area contributed by atoms with Crippen LogP contribution in [-0.2, 0) is 11.4 Å². The summed E-state index contributed by atoms with van der Waals surface area (Å²) in [6.45, 7) is 4.47. The summed E-state index contributed by atoms with van der Waals surface area (Å²) < 4.78 is 9.05. The number of imide groups is 1. The van der Waals surface area contributed by atoms with Crippen molar-refractivity contribution in [2.75, 3.05) is 6.54 Å². The van der Waals surface area contributed by atoms with Gasteiger partial charge in [-0.15, -0.1) is 6.42 Å². The van der Waals surface area contributed by atoms with Gasteiger partial charge >= 0.3 is 0 Å². The number of terminal acetylenes is 1. The topological polar surface area (TPSA) is 51.5 Å². The Morgan fingerprint density at radius 3 is 2.45 bits per heavy atom. The van der Waals surface area contributed by atoms with E-state index in [2.05, 4.69) is 26.4 Å². The molecular weight excluding hydrogens is 500 g/mol. The molecule has 2 heterocycles. The molecule has 1 aliphatic rings. The van der Waals surface area contributed by atoms with Gasteiger partial charge in [0.15, 0.2) is 0 Å². The minimum Gasteiger partial charge on any atom is -0.489 e. The van der Waals surface area contributed by atoms with E-state index < -0.39 is 0 Å². The highest BCUT2D eigenvalue weighted by Crippen LogP contribution is 2.33. The molecule has 0 atom stereocenters. The van der Waals surface area contributed by atoms with Crippen molar-refractivity contribution in [1.29, 1.82) is 0 Å². The molecule has 166 valence electrons. The van der Waals surface area contributed by atoms with Gasteiger partial charge < -0.3 is 9.30 Å². The van der Waals surface area contributed by atoms with E-state index in [0.29, 0.717) is 11.5 Å². The largest absolute Gasteiger partial charge is 0.489 e. The minimum atomic E-state index is -0.347. The number of hydrogen-bond donors (Lipinski definition) is 0. The van der Waals surface area contributed by atoms with Crippen LogP contribution in [0.1, 0.15) is 22.5 Å². The molecule has 1 aromatic heterocycles. The fraction of sp³-hybridized carbons (Fsp3) is 0.154. The maximum Gasteiger partial charge on any atom is 0.294 e. The smallest absolute Gasteiger partial charge is 0.294 e. The number of thioether (sulfide) groups is 1. The molecule has 0 radical (unpaired) electrons. The minimum absolute atomic E-state index is 0.0166. The van der Waals surface area contributed by atoms with Crippen LogP contribution in [0.2, 0.25) is 0 Å². The average Bonchev–Trinajstić information content (AvgIpc) is 3.23. The quantitative estimate of drug-likeness (QED) is 0.290. The van der Waals surface area contributed by atoms with Crippen molar-refractivity contribution in [3.63, 3.8) is 0 Å². The zero-order valence-corrected chi connectivity index (χ0v) is 20.6. The Morgan fingerprint density at radius 2 is 1.79 bits per heavy atom. The molecule has 7 heteroatoms. The van der Waals surface area contributed by atoms with Gasteiger partial charge in [-0.05, 0) is 85.3 Å². The van der Waals surface area contributed by atoms with E-state index in [0.717, 1.165) is 55.1 Å². The van der Waals surface area contributed by atoms with Crippen molar-refractivity contribution in [3.05, 3.63) is 86.5 Å². The zero-order valence-electron chi connectivity index (χ0n) is 18.2. The molecule has 0 unspecified atom stereocenters. The lowest BCUT2D eigenvalue weighted by Gasteiger charge is -2.12. The molecule has 2 amide bonds. The number of rotatable bonds is 6. The summed E-state index contributed by atoms with van der Waals surface area (Å²) in [5.74, 6) is 2.79. The summed E-state index contributed by atoms with van der Waals surface area (Å²) in [7, 11) is 0. The van der Waals surface area contributed by atoms with Crippen LogP contribution >= 0.6 is 27.7 Å². The van der Waals surface area contributed by atoms with E-state index in [4.69, 9.17) is 11.2 Å². The summed E-state index contributed by atoms with van der Waals surface area (Å²) in [6, 6.07) is 17.9. The number of aryl methyl sites for hydroxylation is 1. The number of halogens is 1. The molecule has 0 spiro atoms. The Morgan fingerprint density at radius 1 is 1.09 bits per heavy atom. The van der Waals surface area contributed by atoms with Crippen molar-refractivity contribution < 1.29 is 14.3 Å². The van der Waals surface area contributed by atoms with Gasteiger partial charge in [-0.25, -0.2) is 0 Å². The third kappa shape index (κ3) is 4.92. The maximum atomic E-state index is 12.5. The summed E-state index contributed by atoms with van der Waals surface area (Å²) in [5, 5.41) is -0.336. The Bertz CT molecular complexity index is 1280. The highest BCUT2D eigenvalue weighted by molar-refractivity contribution is 9.10. The molecule has 3 aromatic rings. The van der Waals surface area contributed by atoms with E-state index in [1.54, 1.807) is 6.08 Å². The van der Waals surface area contributed by atoms with Gasteiger partial charge in [0.25, 0.3) is 11.1 Å². The van der Waals surface area contributed by atoms with Gasteiger partial charge in [-0.2, -0.15) is 0 Å². The number of hydrogen-bond acceptors (Lipinski definition) is 4. The lowest BCUT2D eigenvalue weighted by molar-refractivity contribution is -0.122. The number of aromatic nitrogens is 1. The third-order valence-corrected chi connectivity index (χ3v) is 6.73. The van der Waals surface area contributed by atoms with Gasteiger partial charge in [-0.1, -0.05) is 34.0 Å². The fourth-order valence-electron chi connectivity index (χ4n) is 3.64. The maximum absolute atomic E-state index is 12.5. The first-order valence-corrected chi connectivity index (χ1v) is 11.8. The fourth-order valence-corrected chi connectivity index (χ4v) is 4.73.